The third kappa shape index (κ3) is 5.78. The van der Waals surface area contributed by atoms with E-state index in [0.717, 1.165) is 11.1 Å². The lowest BCUT2D eigenvalue weighted by Gasteiger charge is -2.19. The van der Waals surface area contributed by atoms with Crippen molar-refractivity contribution < 1.29 is 19.1 Å². The Bertz CT molecular complexity index is 846. The summed E-state index contributed by atoms with van der Waals surface area (Å²) in [7, 11) is 0. The van der Waals surface area contributed by atoms with Crippen molar-refractivity contribution in [2.24, 2.45) is 0 Å². The van der Waals surface area contributed by atoms with Gasteiger partial charge in [0.2, 0.25) is 5.78 Å². The van der Waals surface area contributed by atoms with E-state index in [-0.39, 0.29) is 23.7 Å². The van der Waals surface area contributed by atoms with Crippen LogP contribution in [-0.4, -0.2) is 30.3 Å². The number of Topliss-reactive ketones (excluding diaryl/α,β-unsaturated/α-hetero) is 1. The smallest absolute Gasteiger partial charge is 0.326 e. The SMILES string of the molecule is Cc1ccc(C(=O)[C@H](C)OC(=O)CNC(=O)c2ccc(C(C)(C)C)cc2)cc1. The van der Waals surface area contributed by atoms with Crippen LogP contribution in [0.4, 0.5) is 0 Å². The zero-order valence-electron chi connectivity index (χ0n) is 17.0. The van der Waals surface area contributed by atoms with Crippen molar-refractivity contribution in [2.45, 2.75) is 46.1 Å². The van der Waals surface area contributed by atoms with Crippen LogP contribution < -0.4 is 5.32 Å². The third-order valence-corrected chi connectivity index (χ3v) is 4.42. The van der Waals surface area contributed by atoms with Crippen molar-refractivity contribution in [3.05, 3.63) is 70.8 Å². The summed E-state index contributed by atoms with van der Waals surface area (Å²) in [4.78, 5) is 36.5. The van der Waals surface area contributed by atoms with Crippen LogP contribution in [0.5, 0.6) is 0 Å². The van der Waals surface area contributed by atoms with Gasteiger partial charge < -0.3 is 10.1 Å². The molecule has 2 rings (SSSR count). The molecule has 5 heteroatoms. The molecule has 0 aliphatic rings. The van der Waals surface area contributed by atoms with Gasteiger partial charge in [-0.2, -0.15) is 0 Å². The van der Waals surface area contributed by atoms with Gasteiger partial charge in [0, 0.05) is 11.1 Å². The standard InChI is InChI=1S/C23H27NO4/c1-15-6-8-17(9-7-15)21(26)16(2)28-20(25)14-24-22(27)18-10-12-19(13-11-18)23(3,4)5/h6-13,16H,14H2,1-5H3,(H,24,27)/t16-/m0/s1. The van der Waals surface area contributed by atoms with Crippen molar-refractivity contribution in [3.63, 3.8) is 0 Å². The van der Waals surface area contributed by atoms with Gasteiger partial charge in [0.15, 0.2) is 6.10 Å². The molecule has 1 atom stereocenters. The van der Waals surface area contributed by atoms with E-state index < -0.39 is 12.1 Å². The normalized spacial score (nSPS) is 12.2. The van der Waals surface area contributed by atoms with E-state index in [2.05, 4.69) is 26.1 Å². The predicted octanol–water partition coefficient (Wildman–Crippen LogP) is 3.84. The molecular weight excluding hydrogens is 354 g/mol. The first-order valence-corrected chi connectivity index (χ1v) is 9.27. The quantitative estimate of drug-likeness (QED) is 0.610. The highest BCUT2D eigenvalue weighted by Gasteiger charge is 2.20. The van der Waals surface area contributed by atoms with Crippen LogP contribution in [0.2, 0.25) is 0 Å². The number of esters is 1. The van der Waals surface area contributed by atoms with Gasteiger partial charge in [0.1, 0.15) is 6.54 Å². The highest BCUT2D eigenvalue weighted by molar-refractivity contribution is 6.00. The van der Waals surface area contributed by atoms with E-state index in [1.807, 2.05) is 31.2 Å². The van der Waals surface area contributed by atoms with Crippen LogP contribution in [0.3, 0.4) is 0 Å². The molecule has 0 aromatic heterocycles. The Morgan fingerprint density at radius 2 is 1.46 bits per heavy atom. The summed E-state index contributed by atoms with van der Waals surface area (Å²) in [6.07, 6.45) is -0.918. The number of ether oxygens (including phenoxy) is 1. The maximum absolute atomic E-state index is 12.3. The summed E-state index contributed by atoms with van der Waals surface area (Å²) in [6, 6.07) is 14.3. The van der Waals surface area contributed by atoms with Gasteiger partial charge in [0.05, 0.1) is 0 Å². The fourth-order valence-electron chi connectivity index (χ4n) is 2.62. The zero-order chi connectivity index (χ0) is 20.9. The summed E-state index contributed by atoms with van der Waals surface area (Å²) in [5, 5.41) is 2.52. The number of carbonyl (C=O) groups is 3. The van der Waals surface area contributed by atoms with Crippen LogP contribution in [0.1, 0.15) is 59.5 Å². The van der Waals surface area contributed by atoms with Crippen molar-refractivity contribution in [1.29, 1.82) is 0 Å². The third-order valence-electron chi connectivity index (χ3n) is 4.42. The molecular formula is C23H27NO4. The predicted molar refractivity (Wildman–Crippen MR) is 109 cm³/mol. The lowest BCUT2D eigenvalue weighted by atomic mass is 9.87. The van der Waals surface area contributed by atoms with Crippen molar-refractivity contribution in [2.75, 3.05) is 6.54 Å². The van der Waals surface area contributed by atoms with Crippen LogP contribution in [-0.2, 0) is 14.9 Å². The van der Waals surface area contributed by atoms with Crippen LogP contribution in [0.15, 0.2) is 48.5 Å². The zero-order valence-corrected chi connectivity index (χ0v) is 17.0. The molecule has 0 aliphatic carbocycles. The summed E-state index contributed by atoms with van der Waals surface area (Å²) >= 11 is 0. The number of hydrogen-bond donors (Lipinski definition) is 1. The number of aryl methyl sites for hydroxylation is 1. The molecule has 28 heavy (non-hydrogen) atoms. The van der Waals surface area contributed by atoms with Gasteiger partial charge in [-0.05, 0) is 37.0 Å². The van der Waals surface area contributed by atoms with Crippen molar-refractivity contribution >= 4 is 17.7 Å². The molecule has 1 amide bonds. The number of hydrogen-bond acceptors (Lipinski definition) is 4. The first-order valence-electron chi connectivity index (χ1n) is 9.27. The minimum Gasteiger partial charge on any atom is -0.453 e. The fourth-order valence-corrected chi connectivity index (χ4v) is 2.62. The molecule has 0 spiro atoms. The summed E-state index contributed by atoms with van der Waals surface area (Å²) < 4.78 is 5.14. The number of benzene rings is 2. The second-order valence-electron chi connectivity index (χ2n) is 7.87. The van der Waals surface area contributed by atoms with E-state index in [9.17, 15) is 14.4 Å². The minimum absolute atomic E-state index is 0.00105. The van der Waals surface area contributed by atoms with Crippen LogP contribution >= 0.6 is 0 Å². The molecule has 0 aliphatic heterocycles. The second-order valence-corrected chi connectivity index (χ2v) is 7.87. The van der Waals surface area contributed by atoms with Crippen LogP contribution in [0.25, 0.3) is 0 Å². The van der Waals surface area contributed by atoms with E-state index in [1.54, 1.807) is 24.3 Å². The fraction of sp³-hybridized carbons (Fsp3) is 0.348. The van der Waals surface area contributed by atoms with E-state index in [4.69, 9.17) is 4.74 Å². The average molecular weight is 381 g/mol. The van der Waals surface area contributed by atoms with Crippen molar-refractivity contribution in [1.82, 2.24) is 5.32 Å². The van der Waals surface area contributed by atoms with Crippen LogP contribution in [0, 0.1) is 6.92 Å². The van der Waals surface area contributed by atoms with Gasteiger partial charge in [-0.25, -0.2) is 0 Å². The maximum atomic E-state index is 12.3. The number of amides is 1. The molecule has 2 aromatic carbocycles. The Labute approximate surface area is 166 Å². The molecule has 0 saturated heterocycles. The Morgan fingerprint density at radius 3 is 2.00 bits per heavy atom. The molecule has 0 heterocycles. The summed E-state index contributed by atoms with van der Waals surface area (Å²) in [6.45, 7) is 9.43. The number of nitrogens with one attached hydrogen (secondary N) is 1. The average Bonchev–Trinajstić information content (AvgIpc) is 2.65. The first-order chi connectivity index (χ1) is 13.1. The van der Waals surface area contributed by atoms with Gasteiger partial charge in [-0.15, -0.1) is 0 Å². The molecule has 0 fully saturated rings. The Balaban J connectivity index is 1.86. The molecule has 0 bridgehead atoms. The molecule has 5 nitrogen and oxygen atoms in total. The monoisotopic (exact) mass is 381 g/mol. The van der Waals surface area contributed by atoms with Crippen molar-refractivity contribution in [3.8, 4) is 0 Å². The topological polar surface area (TPSA) is 72.5 Å². The molecule has 0 radical (unpaired) electrons. The molecule has 0 saturated carbocycles. The summed E-state index contributed by atoms with van der Waals surface area (Å²) in [5.74, 6) is -1.31. The van der Waals surface area contributed by atoms with E-state index >= 15 is 0 Å². The molecule has 0 unspecified atom stereocenters. The first kappa shape index (κ1) is 21.4. The number of ketones is 1. The van der Waals surface area contributed by atoms with E-state index in [0.29, 0.717) is 11.1 Å². The van der Waals surface area contributed by atoms with Gasteiger partial charge in [0.25, 0.3) is 5.91 Å². The largest absolute Gasteiger partial charge is 0.453 e. The Hall–Kier alpha value is -2.95. The summed E-state index contributed by atoms with van der Waals surface area (Å²) in [5.41, 5.74) is 3.10. The highest BCUT2D eigenvalue weighted by atomic mass is 16.5. The van der Waals surface area contributed by atoms with Gasteiger partial charge in [-0.1, -0.05) is 62.7 Å². The maximum Gasteiger partial charge on any atom is 0.326 e. The minimum atomic E-state index is -0.918. The van der Waals surface area contributed by atoms with E-state index in [1.165, 1.54) is 6.92 Å². The van der Waals surface area contributed by atoms with Gasteiger partial charge in [-0.3, -0.25) is 14.4 Å². The Morgan fingerprint density at radius 1 is 0.929 bits per heavy atom. The lowest BCUT2D eigenvalue weighted by molar-refractivity contribution is -0.145. The Kier molecular flexibility index (Phi) is 6.73. The molecule has 1 N–H and O–H groups in total. The second kappa shape index (κ2) is 8.83. The molecule has 2 aromatic rings. The highest BCUT2D eigenvalue weighted by Crippen LogP contribution is 2.22. The number of rotatable bonds is 6. The molecule has 148 valence electrons. The van der Waals surface area contributed by atoms with Gasteiger partial charge >= 0.3 is 5.97 Å². The number of carbonyl (C=O) groups excluding carboxylic acids is 3. The lowest BCUT2D eigenvalue weighted by Crippen LogP contribution is -2.34.